The molecule has 4 rings (SSSR count). The number of fused-ring (bicyclic) bond motifs is 1. The normalized spacial score (nSPS) is 14.8. The van der Waals surface area contributed by atoms with Gasteiger partial charge < -0.3 is 8.83 Å². The molecule has 0 aromatic carbocycles. The largest absolute Gasteiger partial charge is 0.459 e. The number of aryl methyl sites for hydroxylation is 2. The van der Waals surface area contributed by atoms with Crippen molar-refractivity contribution in [2.45, 2.75) is 39.8 Å². The van der Waals surface area contributed by atoms with Gasteiger partial charge in [-0.05, 0) is 25.0 Å². The Balaban J connectivity index is 1.48. The number of aromatic nitrogens is 4. The third kappa shape index (κ3) is 2.82. The van der Waals surface area contributed by atoms with Crippen molar-refractivity contribution < 1.29 is 8.83 Å². The molecule has 1 aliphatic rings. The van der Waals surface area contributed by atoms with E-state index < -0.39 is 0 Å². The second-order valence-corrected chi connectivity index (χ2v) is 6.01. The Bertz CT molecular complexity index is 854. The van der Waals surface area contributed by atoms with Gasteiger partial charge in [-0.15, -0.1) is 10.2 Å². The molecule has 0 saturated heterocycles. The molecule has 0 fully saturated rings. The van der Waals surface area contributed by atoms with Gasteiger partial charge in [0, 0.05) is 31.3 Å². The summed E-state index contributed by atoms with van der Waals surface area (Å²) in [5.74, 6) is 2.55. The van der Waals surface area contributed by atoms with Crippen molar-refractivity contribution in [2.24, 2.45) is 0 Å². The fourth-order valence-electron chi connectivity index (χ4n) is 2.90. The highest BCUT2D eigenvalue weighted by molar-refractivity contribution is 5.49. The van der Waals surface area contributed by atoms with Gasteiger partial charge in [0.15, 0.2) is 5.76 Å². The van der Waals surface area contributed by atoms with Gasteiger partial charge in [-0.2, -0.15) is 0 Å². The van der Waals surface area contributed by atoms with Gasteiger partial charge in [0.1, 0.15) is 5.82 Å². The fraction of sp³-hybridized carbons (Fsp3) is 0.412. The number of hydrogen-bond acceptors (Lipinski definition) is 7. The van der Waals surface area contributed by atoms with Gasteiger partial charge in [-0.3, -0.25) is 4.90 Å². The quantitative estimate of drug-likeness (QED) is 0.729. The Morgan fingerprint density at radius 1 is 1.29 bits per heavy atom. The minimum absolute atomic E-state index is 0.431. The maximum Gasteiger partial charge on any atom is 0.283 e. The van der Waals surface area contributed by atoms with Crippen LogP contribution in [0.25, 0.3) is 11.7 Å². The summed E-state index contributed by atoms with van der Waals surface area (Å²) in [5.41, 5.74) is 3.33. The van der Waals surface area contributed by atoms with E-state index in [0.717, 1.165) is 43.0 Å². The Morgan fingerprint density at radius 3 is 3.00 bits per heavy atom. The lowest BCUT2D eigenvalue weighted by molar-refractivity contribution is 0.217. The van der Waals surface area contributed by atoms with E-state index in [9.17, 15) is 0 Å². The molecule has 0 radical (unpaired) electrons. The number of furan rings is 1. The van der Waals surface area contributed by atoms with E-state index in [0.29, 0.717) is 24.1 Å². The second kappa shape index (κ2) is 6.16. The lowest BCUT2D eigenvalue weighted by Crippen LogP contribution is -2.31. The summed E-state index contributed by atoms with van der Waals surface area (Å²) in [6, 6.07) is 1.88. The van der Waals surface area contributed by atoms with Crippen LogP contribution in [0.1, 0.15) is 35.5 Å². The SMILES string of the molecule is CCc1ncc2c(n1)CN(Cc1nnc(-c3occc3C)o1)CC2. The molecule has 0 amide bonds. The fourth-order valence-corrected chi connectivity index (χ4v) is 2.90. The molecule has 1 aliphatic heterocycles. The highest BCUT2D eigenvalue weighted by atomic mass is 16.4. The molecule has 0 bridgehead atoms. The molecule has 0 spiro atoms. The second-order valence-electron chi connectivity index (χ2n) is 6.01. The smallest absolute Gasteiger partial charge is 0.283 e. The summed E-state index contributed by atoms with van der Waals surface area (Å²) in [5, 5.41) is 8.24. The third-order valence-electron chi connectivity index (χ3n) is 4.27. The Kier molecular flexibility index (Phi) is 3.86. The first-order valence-electron chi connectivity index (χ1n) is 8.15. The summed E-state index contributed by atoms with van der Waals surface area (Å²) < 4.78 is 11.2. The molecule has 0 atom stereocenters. The van der Waals surface area contributed by atoms with Gasteiger partial charge in [0.2, 0.25) is 5.89 Å². The minimum Gasteiger partial charge on any atom is -0.459 e. The monoisotopic (exact) mass is 325 g/mol. The van der Waals surface area contributed by atoms with Crippen LogP contribution < -0.4 is 0 Å². The summed E-state index contributed by atoms with van der Waals surface area (Å²) in [4.78, 5) is 11.3. The molecule has 3 aromatic heterocycles. The van der Waals surface area contributed by atoms with E-state index in [1.807, 2.05) is 19.2 Å². The van der Waals surface area contributed by atoms with Crippen LogP contribution in [0, 0.1) is 6.92 Å². The third-order valence-corrected chi connectivity index (χ3v) is 4.27. The van der Waals surface area contributed by atoms with E-state index in [1.165, 1.54) is 5.56 Å². The molecular weight excluding hydrogens is 306 g/mol. The molecule has 7 nitrogen and oxygen atoms in total. The predicted octanol–water partition coefficient (Wildman–Crippen LogP) is 2.55. The molecule has 24 heavy (non-hydrogen) atoms. The molecule has 3 aromatic rings. The lowest BCUT2D eigenvalue weighted by Gasteiger charge is -2.26. The van der Waals surface area contributed by atoms with Crippen LogP contribution in [0.4, 0.5) is 0 Å². The minimum atomic E-state index is 0.431. The number of rotatable bonds is 4. The molecular formula is C17H19N5O2. The van der Waals surface area contributed by atoms with Crippen LogP contribution in [-0.4, -0.2) is 31.6 Å². The standard InChI is InChI=1S/C17H19N5O2/c1-3-14-18-8-12-4-6-22(9-13(12)19-14)10-15-20-21-17(24-15)16-11(2)5-7-23-16/h5,7-8H,3-4,6,9-10H2,1-2H3. The van der Waals surface area contributed by atoms with Crippen molar-refractivity contribution in [3.05, 3.63) is 47.1 Å². The Labute approximate surface area is 139 Å². The molecule has 124 valence electrons. The van der Waals surface area contributed by atoms with Gasteiger partial charge in [0.25, 0.3) is 5.89 Å². The summed E-state index contributed by atoms with van der Waals surface area (Å²) >= 11 is 0. The average Bonchev–Trinajstić information content (AvgIpc) is 3.22. The Morgan fingerprint density at radius 2 is 2.21 bits per heavy atom. The molecule has 0 aliphatic carbocycles. The zero-order valence-electron chi connectivity index (χ0n) is 13.8. The summed E-state index contributed by atoms with van der Waals surface area (Å²) in [6.45, 7) is 6.34. The van der Waals surface area contributed by atoms with E-state index in [-0.39, 0.29) is 0 Å². The first-order chi connectivity index (χ1) is 11.7. The van der Waals surface area contributed by atoms with E-state index >= 15 is 0 Å². The van der Waals surface area contributed by atoms with Gasteiger partial charge in [-0.1, -0.05) is 6.92 Å². The first kappa shape index (κ1) is 15.0. The van der Waals surface area contributed by atoms with Crippen molar-refractivity contribution in [3.63, 3.8) is 0 Å². The molecule has 0 saturated carbocycles. The van der Waals surface area contributed by atoms with Crippen molar-refractivity contribution in [1.29, 1.82) is 0 Å². The topological polar surface area (TPSA) is 81.1 Å². The summed E-state index contributed by atoms with van der Waals surface area (Å²) in [7, 11) is 0. The van der Waals surface area contributed by atoms with Crippen molar-refractivity contribution in [3.8, 4) is 11.7 Å². The van der Waals surface area contributed by atoms with Crippen LogP contribution >= 0.6 is 0 Å². The predicted molar refractivity (Wildman–Crippen MR) is 86.0 cm³/mol. The molecule has 4 heterocycles. The summed E-state index contributed by atoms with van der Waals surface area (Å²) in [6.07, 6.45) is 5.38. The maximum atomic E-state index is 5.75. The van der Waals surface area contributed by atoms with Crippen molar-refractivity contribution in [1.82, 2.24) is 25.1 Å². The lowest BCUT2D eigenvalue weighted by atomic mass is 10.1. The van der Waals surface area contributed by atoms with E-state index in [2.05, 4.69) is 32.0 Å². The molecule has 0 unspecified atom stereocenters. The number of hydrogen-bond donors (Lipinski definition) is 0. The highest BCUT2D eigenvalue weighted by Gasteiger charge is 2.21. The van der Waals surface area contributed by atoms with E-state index in [1.54, 1.807) is 6.26 Å². The van der Waals surface area contributed by atoms with Crippen LogP contribution in [0.2, 0.25) is 0 Å². The zero-order valence-corrected chi connectivity index (χ0v) is 13.8. The maximum absolute atomic E-state index is 5.75. The van der Waals surface area contributed by atoms with Gasteiger partial charge in [0.05, 0.1) is 18.5 Å². The van der Waals surface area contributed by atoms with Crippen molar-refractivity contribution >= 4 is 0 Å². The van der Waals surface area contributed by atoms with Crippen LogP contribution in [0.5, 0.6) is 0 Å². The Hall–Kier alpha value is -2.54. The van der Waals surface area contributed by atoms with Crippen LogP contribution in [0.3, 0.4) is 0 Å². The van der Waals surface area contributed by atoms with Gasteiger partial charge >= 0.3 is 0 Å². The molecule has 0 N–H and O–H groups in total. The highest BCUT2D eigenvalue weighted by Crippen LogP contribution is 2.24. The van der Waals surface area contributed by atoms with E-state index in [4.69, 9.17) is 8.83 Å². The first-order valence-corrected chi connectivity index (χ1v) is 8.15. The van der Waals surface area contributed by atoms with Gasteiger partial charge in [-0.25, -0.2) is 9.97 Å². The van der Waals surface area contributed by atoms with Crippen LogP contribution in [-0.2, 0) is 25.9 Å². The zero-order chi connectivity index (χ0) is 16.5. The van der Waals surface area contributed by atoms with Crippen molar-refractivity contribution in [2.75, 3.05) is 6.54 Å². The van der Waals surface area contributed by atoms with Crippen LogP contribution in [0.15, 0.2) is 27.4 Å². The average molecular weight is 325 g/mol. The molecule has 7 heteroatoms. The number of nitrogens with zero attached hydrogens (tertiary/aromatic N) is 5.